The van der Waals surface area contributed by atoms with E-state index in [0.29, 0.717) is 35.6 Å². The van der Waals surface area contributed by atoms with Crippen molar-refractivity contribution < 1.29 is 123 Å². The molecule has 0 bridgehead atoms. The Balaban J connectivity index is -0.00000110. The van der Waals surface area contributed by atoms with Crippen LogP contribution in [0.5, 0.6) is 28.7 Å². The van der Waals surface area contributed by atoms with Gasteiger partial charge < -0.3 is 57.6 Å². The number of hydrogen-bond acceptors (Lipinski definition) is 18. The fourth-order valence-electron chi connectivity index (χ4n) is 5.14. The number of aldehydes is 1. The molecule has 0 aliphatic rings. The normalized spacial score (nSPS) is 11.3. The fourth-order valence-corrected chi connectivity index (χ4v) is 6.23. The fraction of sp³-hybridized carbons (Fsp3) is 0.317. The molecule has 5 aromatic carbocycles. The lowest BCUT2D eigenvalue weighted by Crippen LogP contribution is -2.13. The highest BCUT2D eigenvalue weighted by molar-refractivity contribution is 9.69. The van der Waals surface area contributed by atoms with Crippen molar-refractivity contribution >= 4 is 111 Å². The first-order chi connectivity index (χ1) is 46.1. The van der Waals surface area contributed by atoms with Gasteiger partial charge in [0.25, 0.3) is 0 Å². The number of ether oxygens (including phenoxy) is 8. The number of esters is 3. The van der Waals surface area contributed by atoms with Crippen molar-refractivity contribution in [3.63, 3.8) is 0 Å². The number of carbonyl (C=O) groups excluding carboxylic acids is 6. The van der Waals surface area contributed by atoms with Crippen LogP contribution in [0.1, 0.15) is 90.9 Å². The van der Waals surface area contributed by atoms with E-state index in [1.54, 1.807) is 26.0 Å². The van der Waals surface area contributed by atoms with Gasteiger partial charge in [0.1, 0.15) is 6.29 Å². The lowest BCUT2D eigenvalue weighted by Gasteiger charge is -2.05. The molecule has 0 aliphatic carbocycles. The summed E-state index contributed by atoms with van der Waals surface area (Å²) in [6.45, 7) is 7.86. The minimum atomic E-state index is -3.70. The predicted octanol–water partition coefficient (Wildman–Crippen LogP) is 13.8. The monoisotopic (exact) mass is 1520 g/mol. The van der Waals surface area contributed by atoms with Crippen LogP contribution in [0, 0.1) is 53.3 Å². The number of methoxy groups -OCH3 is 4. The van der Waals surface area contributed by atoms with Gasteiger partial charge in [0.05, 0.1) is 54.9 Å². The molecule has 0 aromatic heterocycles. The van der Waals surface area contributed by atoms with Crippen molar-refractivity contribution in [1.82, 2.24) is 0 Å². The van der Waals surface area contributed by atoms with E-state index in [1.165, 1.54) is 90.8 Å². The van der Waals surface area contributed by atoms with Crippen LogP contribution in [-0.2, 0) is 64.5 Å². The zero-order valence-corrected chi connectivity index (χ0v) is 56.8. The summed E-state index contributed by atoms with van der Waals surface area (Å²) in [5.41, 5.74) is 7.49. The first-order valence-corrected chi connectivity index (χ1v) is 29.7. The maximum Gasteiger partial charge on any atom is 0.446 e. The Bertz CT molecular complexity index is 3680. The lowest BCUT2D eigenvalue weighted by atomic mass is 10.1. The van der Waals surface area contributed by atoms with Crippen molar-refractivity contribution in [3.8, 4) is 52.9 Å². The van der Waals surface area contributed by atoms with Crippen molar-refractivity contribution in [2.75, 3.05) is 69.1 Å². The van der Waals surface area contributed by atoms with Gasteiger partial charge in [-0.2, -0.15) is 4.79 Å². The molecule has 5 aromatic rings. The van der Waals surface area contributed by atoms with E-state index in [9.17, 15) is 55.3 Å². The van der Waals surface area contributed by atoms with E-state index in [4.69, 9.17) is 53.8 Å². The van der Waals surface area contributed by atoms with Gasteiger partial charge in [-0.25, -0.2) is 36.1 Å². The molecule has 91 heavy (non-hydrogen) atoms. The molecule has 0 saturated carbocycles. The molecule has 0 fully saturated rings. The number of aryl methyl sites for hydroxylation is 2. The standard InChI is InChI=1S/C12H15FO3.C12H11FO3.C11H13FO3.C9H7FO.C8H7FO2.C5H9N2O4P.C3H5ClO2.BBr3/c2*1-3-16-12(14)7-5-9-4-6-11(15-2)10(13)8-9;1-2-15-11(14)6-4-8-3-5-10(13)9(12)7-8;1-3-7-4-5-9(11-2)8(10)6-7;1-11-8-3-2-6(5-10)4-7(8)9;1-4(8)5(7-6)12(9,10-2)11-3;1-2-6-3(4)5;2-1(3)4/h4,6,8H,3,5,7H2,1-2H3;4,6,8H,3H2,1-2H3;3,5,7,13H,2,4,6H2,1H3;1,4-6H,2H3;2-5H,1H3;1-3H3;2H2,1H3;/i5D2,7D2;;4D2,6D2;;;;;. The number of hydrogen-bond donors (Lipinski definition) is 1. The molecule has 0 unspecified atom stereocenters. The van der Waals surface area contributed by atoms with Gasteiger partial charge in [0, 0.05) is 79.1 Å². The summed E-state index contributed by atoms with van der Waals surface area (Å²) < 4.78 is 184. The Morgan fingerprint density at radius 1 is 0.637 bits per heavy atom. The van der Waals surface area contributed by atoms with Crippen LogP contribution in [0.15, 0.2) is 91.0 Å². The van der Waals surface area contributed by atoms with Crippen molar-refractivity contribution in [3.05, 3.63) is 153 Å². The second-order valence-corrected chi connectivity index (χ2v) is 23.9. The molecule has 0 heterocycles. The number of aromatic hydroxyl groups is 1. The Kier molecular flexibility index (Phi) is 41.5. The molecule has 31 heteroatoms. The molecule has 5 rings (SSSR count). The quantitative estimate of drug-likeness (QED) is 0.00688. The number of carbonyl (C=O) groups is 6. The van der Waals surface area contributed by atoms with Gasteiger partial charge in [-0.1, -0.05) is 24.0 Å². The number of Topliss-reactive ketones (excluding diaryl/α,β-unsaturated/α-hetero) is 1. The van der Waals surface area contributed by atoms with E-state index < -0.39 is 108 Å². The molecular weight excluding hydrogens is 1450 g/mol. The predicted molar refractivity (Wildman–Crippen MR) is 343 cm³/mol. The van der Waals surface area contributed by atoms with Crippen molar-refractivity contribution in [1.29, 1.82) is 0 Å². The van der Waals surface area contributed by atoms with Crippen LogP contribution in [0.2, 0.25) is 0 Å². The molecule has 0 aliphatic heterocycles. The van der Waals surface area contributed by atoms with Gasteiger partial charge in [-0.05, 0) is 130 Å². The Labute approximate surface area is 566 Å². The van der Waals surface area contributed by atoms with Crippen LogP contribution in [-0.4, -0.2) is 123 Å². The van der Waals surface area contributed by atoms with Crippen LogP contribution in [0.25, 0.3) is 5.53 Å². The van der Waals surface area contributed by atoms with E-state index in [0.717, 1.165) is 45.4 Å². The highest BCUT2D eigenvalue weighted by atomic mass is 79.9. The average Bonchev–Trinajstić information content (AvgIpc) is 0.778. The number of ketones is 1. The van der Waals surface area contributed by atoms with Crippen LogP contribution in [0.3, 0.4) is 0 Å². The molecule has 20 nitrogen and oxygen atoms in total. The molecule has 0 saturated heterocycles. The third-order valence-electron chi connectivity index (χ3n) is 9.04. The van der Waals surface area contributed by atoms with Gasteiger partial charge in [-0.15, -0.1) is 53.7 Å². The summed E-state index contributed by atoms with van der Waals surface area (Å²) in [7, 11) is 3.91. The second-order valence-electron chi connectivity index (χ2n) is 15.0. The number of halogens is 9. The Hall–Kier alpha value is -7.59. The van der Waals surface area contributed by atoms with E-state index in [-0.39, 0.29) is 51.6 Å². The van der Waals surface area contributed by atoms with Crippen LogP contribution in [0.4, 0.5) is 26.7 Å². The molecule has 0 amide bonds. The van der Waals surface area contributed by atoms with E-state index in [2.05, 4.69) is 103 Å². The summed E-state index contributed by atoms with van der Waals surface area (Å²) in [5, 5.41) is 9.02. The van der Waals surface area contributed by atoms with Crippen molar-refractivity contribution in [2.45, 2.75) is 60.1 Å². The summed E-state index contributed by atoms with van der Waals surface area (Å²) in [5.74, 6) is -0.592. The van der Waals surface area contributed by atoms with Crippen molar-refractivity contribution in [2.24, 2.45) is 0 Å². The smallest absolute Gasteiger partial charge is 0.446 e. The summed E-state index contributed by atoms with van der Waals surface area (Å²) in [6, 6.07) is 18.3. The third kappa shape index (κ3) is 40.7. The van der Waals surface area contributed by atoms with Gasteiger partial charge >= 0.3 is 39.6 Å². The van der Waals surface area contributed by atoms with Gasteiger partial charge in [0.2, 0.25) is 5.78 Å². The zero-order valence-electron chi connectivity index (χ0n) is 58.4. The Morgan fingerprint density at radius 3 is 1.34 bits per heavy atom. The second kappa shape index (κ2) is 52.1. The molecule has 1 N–H and O–H groups in total. The minimum absolute atomic E-state index is 0.0780. The number of phenolic OH excluding ortho intramolecular Hbond substituents is 1. The lowest BCUT2D eigenvalue weighted by molar-refractivity contribution is -0.144. The summed E-state index contributed by atoms with van der Waals surface area (Å²) in [6.07, 6.45) is -5.82. The van der Waals surface area contributed by atoms with E-state index >= 15 is 0 Å². The largest absolute Gasteiger partial charge is 0.505 e. The number of terminal acetylenes is 1. The minimum Gasteiger partial charge on any atom is -0.505 e. The van der Waals surface area contributed by atoms with Gasteiger partial charge in [-0.3, -0.25) is 19.2 Å². The number of benzene rings is 5. The van der Waals surface area contributed by atoms with E-state index in [1.807, 2.05) is 0 Å². The number of phenols is 1. The topological polar surface area (TPSA) is 268 Å². The highest BCUT2D eigenvalue weighted by Gasteiger charge is 2.41. The Morgan fingerprint density at radius 2 is 1.02 bits per heavy atom. The SMILES string of the molecule is BrB(Br)Br.C#Cc1ccc(OC)c(F)c1.CCOC(=O)C#Cc1ccc(OC)c(F)c1.CCOC(=O)Cl.COP(=O)(OC)C(=[N+]=[N-])C(C)=O.COc1ccc(C=O)cc1F.[2H]C([2H])(C(=O)OCC)C([2H])([2H])c1ccc(O)c(F)c1.[2H]C([2H])(C(=O)OCC)C([2H])([2H])c1ccc(OC)c(F)c1. The van der Waals surface area contributed by atoms with Crippen LogP contribution < -0.4 is 18.9 Å². The maximum absolute atomic E-state index is 13.6. The number of nitrogens with zero attached hydrogens (tertiary/aromatic N) is 2. The summed E-state index contributed by atoms with van der Waals surface area (Å²) >= 11 is 14.0. The highest BCUT2D eigenvalue weighted by Crippen LogP contribution is 2.47. The maximum atomic E-state index is 13.6. The third-order valence-corrected chi connectivity index (χ3v) is 11.0. The average molecular weight is 1520 g/mol. The first kappa shape index (κ1) is 72.5. The molecule has 0 atom stereocenters. The van der Waals surface area contributed by atoms with Crippen LogP contribution >= 0.6 is 66.5 Å². The molecule has 0 radical (unpaired) electrons. The molecule has 496 valence electrons. The molecular formula is C60H67BBr3ClF5N2O18P. The zero-order chi connectivity index (χ0) is 77.2. The molecule has 0 spiro atoms. The number of rotatable bonds is 19. The summed E-state index contributed by atoms with van der Waals surface area (Å²) in [4.78, 5) is 66.9. The van der Waals surface area contributed by atoms with Gasteiger partial charge in [0.15, 0.2) is 57.8 Å². The first-order valence-electron chi connectivity index (χ1n) is 29.0.